The van der Waals surface area contributed by atoms with Crippen molar-refractivity contribution in [2.45, 2.75) is 26.3 Å². The number of para-hydroxylation sites is 1. The number of carbonyl (C=O) groups excluding carboxylic acids is 2. The number of nitrogens with zero attached hydrogens (tertiary/aromatic N) is 2. The highest BCUT2D eigenvalue weighted by atomic mass is 32.2. The molecule has 2 heterocycles. The monoisotopic (exact) mass is 344 g/mol. The van der Waals surface area contributed by atoms with Crippen molar-refractivity contribution in [3.05, 3.63) is 59.0 Å². The molecule has 1 aromatic heterocycles. The lowest BCUT2D eigenvalue weighted by Crippen LogP contribution is -2.36. The summed E-state index contributed by atoms with van der Waals surface area (Å²) in [6, 6.07) is 9.84. The van der Waals surface area contributed by atoms with Gasteiger partial charge in [0.2, 0.25) is 0 Å². The average Bonchev–Trinajstić information content (AvgIpc) is 3.12. The van der Waals surface area contributed by atoms with Gasteiger partial charge in [0.1, 0.15) is 5.82 Å². The van der Waals surface area contributed by atoms with Gasteiger partial charge in [-0.3, -0.25) is 14.5 Å². The molecule has 24 heavy (non-hydrogen) atoms. The molecule has 1 aromatic carbocycles. The molecule has 3 rings (SSSR count). The van der Waals surface area contributed by atoms with Gasteiger partial charge in [-0.2, -0.15) is 0 Å². The van der Waals surface area contributed by atoms with Gasteiger partial charge in [-0.05, 0) is 55.4 Å². The Kier molecular flexibility index (Phi) is 4.57. The van der Waals surface area contributed by atoms with Gasteiger partial charge in [-0.1, -0.05) is 19.1 Å². The van der Waals surface area contributed by atoms with E-state index in [1.165, 1.54) is 11.0 Å². The van der Waals surface area contributed by atoms with Crippen molar-refractivity contribution < 1.29 is 14.0 Å². The Morgan fingerprint density at radius 2 is 1.96 bits per heavy atom. The Morgan fingerprint density at radius 1 is 1.21 bits per heavy atom. The van der Waals surface area contributed by atoms with Crippen molar-refractivity contribution in [2.75, 3.05) is 0 Å². The summed E-state index contributed by atoms with van der Waals surface area (Å²) in [4.78, 5) is 26.2. The van der Waals surface area contributed by atoms with E-state index >= 15 is 0 Å². The SMILES string of the molecule is CC[C@H](C)N1C(=O)S/C(=C/c2cccn2-c2ccccc2F)C1=O. The van der Waals surface area contributed by atoms with Gasteiger partial charge in [0.15, 0.2) is 0 Å². The molecule has 0 bridgehead atoms. The molecule has 0 unspecified atom stereocenters. The molecule has 0 aliphatic carbocycles. The molecule has 0 saturated carbocycles. The fourth-order valence-electron chi connectivity index (χ4n) is 2.55. The molecule has 0 N–H and O–H groups in total. The first-order chi connectivity index (χ1) is 11.5. The topological polar surface area (TPSA) is 42.3 Å². The number of hydrogen-bond donors (Lipinski definition) is 0. The van der Waals surface area contributed by atoms with Crippen LogP contribution in [0.3, 0.4) is 0 Å². The maximum Gasteiger partial charge on any atom is 0.293 e. The molecule has 1 aliphatic heterocycles. The van der Waals surface area contributed by atoms with Crippen molar-refractivity contribution in [2.24, 2.45) is 0 Å². The molecule has 0 radical (unpaired) electrons. The highest BCUT2D eigenvalue weighted by Gasteiger charge is 2.37. The summed E-state index contributed by atoms with van der Waals surface area (Å²) in [6.07, 6.45) is 4.07. The van der Waals surface area contributed by atoms with Gasteiger partial charge in [-0.25, -0.2) is 4.39 Å². The summed E-state index contributed by atoms with van der Waals surface area (Å²) < 4.78 is 15.7. The van der Waals surface area contributed by atoms with Crippen LogP contribution in [0.1, 0.15) is 26.0 Å². The molecule has 1 aliphatic rings. The lowest BCUT2D eigenvalue weighted by molar-refractivity contribution is -0.124. The number of halogens is 1. The fraction of sp³-hybridized carbons (Fsp3) is 0.222. The van der Waals surface area contributed by atoms with Crippen LogP contribution in [0.2, 0.25) is 0 Å². The molecular weight excluding hydrogens is 327 g/mol. The van der Waals surface area contributed by atoms with Crippen molar-refractivity contribution in [1.29, 1.82) is 0 Å². The number of amides is 2. The molecular formula is C18H17FN2O2S. The number of benzene rings is 1. The van der Waals surface area contributed by atoms with Crippen LogP contribution < -0.4 is 0 Å². The Morgan fingerprint density at radius 3 is 2.67 bits per heavy atom. The third-order valence-corrected chi connectivity index (χ3v) is 4.91. The molecule has 1 fully saturated rings. The first kappa shape index (κ1) is 16.5. The summed E-state index contributed by atoms with van der Waals surface area (Å²) in [7, 11) is 0. The molecule has 2 aromatic rings. The number of aromatic nitrogens is 1. The van der Waals surface area contributed by atoms with Gasteiger partial charge >= 0.3 is 0 Å². The molecule has 0 spiro atoms. The van der Waals surface area contributed by atoms with Gasteiger partial charge in [0, 0.05) is 17.9 Å². The number of thioether (sulfide) groups is 1. The predicted molar refractivity (Wildman–Crippen MR) is 93.3 cm³/mol. The molecule has 1 atom stereocenters. The molecule has 124 valence electrons. The third-order valence-electron chi connectivity index (χ3n) is 4.03. The van der Waals surface area contributed by atoms with Crippen LogP contribution in [-0.4, -0.2) is 26.7 Å². The van der Waals surface area contributed by atoms with E-state index in [4.69, 9.17) is 0 Å². The Labute approximate surface area is 144 Å². The first-order valence-electron chi connectivity index (χ1n) is 7.72. The minimum Gasteiger partial charge on any atom is -0.314 e. The number of carbonyl (C=O) groups is 2. The number of rotatable bonds is 4. The molecule has 6 heteroatoms. The maximum atomic E-state index is 14.0. The number of imide groups is 1. The Hall–Kier alpha value is -2.34. The van der Waals surface area contributed by atoms with Crippen molar-refractivity contribution in [3.63, 3.8) is 0 Å². The number of hydrogen-bond acceptors (Lipinski definition) is 3. The van der Waals surface area contributed by atoms with E-state index in [1.54, 1.807) is 47.2 Å². The highest BCUT2D eigenvalue weighted by Crippen LogP contribution is 2.34. The van der Waals surface area contributed by atoms with Gasteiger partial charge in [-0.15, -0.1) is 0 Å². The summed E-state index contributed by atoms with van der Waals surface area (Å²) in [5, 5.41) is -0.260. The van der Waals surface area contributed by atoms with Gasteiger partial charge < -0.3 is 4.57 Å². The third kappa shape index (κ3) is 2.89. The Bertz CT molecular complexity index is 828. The van der Waals surface area contributed by atoms with Crippen LogP contribution in [-0.2, 0) is 4.79 Å². The van der Waals surface area contributed by atoms with E-state index < -0.39 is 0 Å². The summed E-state index contributed by atoms with van der Waals surface area (Å²) in [6.45, 7) is 3.78. The Balaban J connectivity index is 1.97. The van der Waals surface area contributed by atoms with E-state index in [-0.39, 0.29) is 23.0 Å². The standard InChI is InChI=1S/C18H17FN2O2S/c1-3-12(2)21-17(22)16(24-18(21)23)11-13-7-6-10-20(13)15-9-5-4-8-14(15)19/h4-12H,3H2,1-2H3/b16-11+/t12-/m0/s1. The summed E-state index contributed by atoms with van der Waals surface area (Å²) in [5.74, 6) is -0.642. The summed E-state index contributed by atoms with van der Waals surface area (Å²) in [5.41, 5.74) is 1.05. The van der Waals surface area contributed by atoms with Crippen LogP contribution in [0.25, 0.3) is 11.8 Å². The second-order valence-electron chi connectivity index (χ2n) is 5.56. The van der Waals surface area contributed by atoms with E-state index in [0.29, 0.717) is 22.7 Å². The van der Waals surface area contributed by atoms with Gasteiger partial charge in [0.25, 0.3) is 11.1 Å². The fourth-order valence-corrected chi connectivity index (χ4v) is 3.47. The second kappa shape index (κ2) is 6.65. The summed E-state index contributed by atoms with van der Waals surface area (Å²) >= 11 is 0.923. The lowest BCUT2D eigenvalue weighted by Gasteiger charge is -2.19. The normalized spacial score (nSPS) is 17.8. The minimum absolute atomic E-state index is 0.137. The predicted octanol–water partition coefficient (Wildman–Crippen LogP) is 4.45. The highest BCUT2D eigenvalue weighted by molar-refractivity contribution is 8.18. The van der Waals surface area contributed by atoms with E-state index in [0.717, 1.165) is 11.8 Å². The van der Waals surface area contributed by atoms with E-state index in [1.807, 2.05) is 13.8 Å². The average molecular weight is 344 g/mol. The molecule has 2 amide bonds. The molecule has 4 nitrogen and oxygen atoms in total. The van der Waals surface area contributed by atoms with Crippen molar-refractivity contribution >= 4 is 29.0 Å². The largest absolute Gasteiger partial charge is 0.314 e. The van der Waals surface area contributed by atoms with Crippen LogP contribution in [0.15, 0.2) is 47.5 Å². The van der Waals surface area contributed by atoms with Crippen LogP contribution in [0.5, 0.6) is 0 Å². The van der Waals surface area contributed by atoms with Crippen LogP contribution >= 0.6 is 11.8 Å². The van der Waals surface area contributed by atoms with E-state index in [9.17, 15) is 14.0 Å². The zero-order chi connectivity index (χ0) is 17.3. The first-order valence-corrected chi connectivity index (χ1v) is 8.54. The van der Waals surface area contributed by atoms with Gasteiger partial charge in [0.05, 0.1) is 10.6 Å². The zero-order valence-electron chi connectivity index (χ0n) is 13.4. The van der Waals surface area contributed by atoms with Crippen LogP contribution in [0, 0.1) is 5.82 Å². The van der Waals surface area contributed by atoms with Crippen molar-refractivity contribution in [1.82, 2.24) is 9.47 Å². The zero-order valence-corrected chi connectivity index (χ0v) is 14.2. The molecule has 1 saturated heterocycles. The van der Waals surface area contributed by atoms with Crippen molar-refractivity contribution in [3.8, 4) is 5.69 Å². The minimum atomic E-state index is -0.351. The quantitative estimate of drug-likeness (QED) is 0.770. The smallest absolute Gasteiger partial charge is 0.293 e. The van der Waals surface area contributed by atoms with E-state index in [2.05, 4.69) is 0 Å². The van der Waals surface area contributed by atoms with Crippen LogP contribution in [0.4, 0.5) is 9.18 Å². The maximum absolute atomic E-state index is 14.0. The second-order valence-corrected chi connectivity index (χ2v) is 6.56. The lowest BCUT2D eigenvalue weighted by atomic mass is 10.2.